The maximum Gasteiger partial charge on any atom is 0.226 e. The molecule has 2 N–H and O–H groups in total. The second-order valence-corrected chi connectivity index (χ2v) is 6.20. The van der Waals surface area contributed by atoms with Crippen LogP contribution in [0.3, 0.4) is 0 Å². The van der Waals surface area contributed by atoms with Crippen LogP contribution in [0.2, 0.25) is 0 Å². The third kappa shape index (κ3) is 3.79. The van der Waals surface area contributed by atoms with Crippen molar-refractivity contribution in [3.05, 3.63) is 35.4 Å². The molecular formula is C16H22F2N2O. The monoisotopic (exact) mass is 296 g/mol. The lowest BCUT2D eigenvalue weighted by molar-refractivity contribution is -0.132. The van der Waals surface area contributed by atoms with E-state index in [1.54, 1.807) is 0 Å². The Kier molecular flexibility index (Phi) is 4.93. The van der Waals surface area contributed by atoms with Crippen molar-refractivity contribution < 1.29 is 13.6 Å². The molecule has 0 saturated carbocycles. The first kappa shape index (κ1) is 15.9. The summed E-state index contributed by atoms with van der Waals surface area (Å²) in [5.74, 6) is -1.53. The second-order valence-electron chi connectivity index (χ2n) is 6.20. The van der Waals surface area contributed by atoms with Gasteiger partial charge in [0.2, 0.25) is 5.91 Å². The summed E-state index contributed by atoms with van der Waals surface area (Å²) in [7, 11) is 0. The van der Waals surface area contributed by atoms with Gasteiger partial charge in [-0.1, -0.05) is 19.9 Å². The Morgan fingerprint density at radius 2 is 2.14 bits per heavy atom. The number of carbonyl (C=O) groups is 1. The summed E-state index contributed by atoms with van der Waals surface area (Å²) in [4.78, 5) is 12.4. The van der Waals surface area contributed by atoms with Gasteiger partial charge < -0.3 is 10.6 Å². The standard InChI is InChI=1S/C16H22F2N2O/c1-16(2,12-4-3-7-19-10-12)15(21)20-9-11-5-6-13(17)14(18)8-11/h5-6,8,12,19H,3-4,7,9-10H2,1-2H3,(H,20,21). The van der Waals surface area contributed by atoms with Crippen LogP contribution in [0.4, 0.5) is 8.78 Å². The van der Waals surface area contributed by atoms with Crippen LogP contribution in [-0.2, 0) is 11.3 Å². The zero-order valence-corrected chi connectivity index (χ0v) is 12.5. The molecule has 1 fully saturated rings. The van der Waals surface area contributed by atoms with Crippen molar-refractivity contribution >= 4 is 5.91 Å². The van der Waals surface area contributed by atoms with Crippen LogP contribution in [0.5, 0.6) is 0 Å². The third-order valence-corrected chi connectivity index (χ3v) is 4.34. The Morgan fingerprint density at radius 1 is 1.38 bits per heavy atom. The summed E-state index contributed by atoms with van der Waals surface area (Å²) in [5, 5.41) is 6.14. The van der Waals surface area contributed by atoms with E-state index in [1.807, 2.05) is 13.8 Å². The lowest BCUT2D eigenvalue weighted by Crippen LogP contribution is -2.47. The smallest absolute Gasteiger partial charge is 0.226 e. The Hall–Kier alpha value is -1.49. The molecule has 1 saturated heterocycles. The molecular weight excluding hydrogens is 274 g/mol. The van der Waals surface area contributed by atoms with Gasteiger partial charge in [-0.05, 0) is 49.5 Å². The summed E-state index contributed by atoms with van der Waals surface area (Å²) in [6.07, 6.45) is 2.10. The maximum absolute atomic E-state index is 13.1. The normalized spacial score (nSPS) is 19.3. The maximum atomic E-state index is 13.1. The number of rotatable bonds is 4. The van der Waals surface area contributed by atoms with E-state index in [4.69, 9.17) is 0 Å². The van der Waals surface area contributed by atoms with Crippen LogP contribution >= 0.6 is 0 Å². The summed E-state index contributed by atoms with van der Waals surface area (Å²) in [5.41, 5.74) is 0.0752. The minimum Gasteiger partial charge on any atom is -0.352 e. The topological polar surface area (TPSA) is 41.1 Å². The first-order valence-corrected chi connectivity index (χ1v) is 7.34. The van der Waals surface area contributed by atoms with E-state index in [0.717, 1.165) is 38.1 Å². The highest BCUT2D eigenvalue weighted by molar-refractivity contribution is 5.82. The molecule has 1 aromatic rings. The Bertz CT molecular complexity index is 511. The third-order valence-electron chi connectivity index (χ3n) is 4.34. The van der Waals surface area contributed by atoms with Gasteiger partial charge in [0.25, 0.3) is 0 Å². The minimum atomic E-state index is -0.891. The van der Waals surface area contributed by atoms with Crippen molar-refractivity contribution in [2.75, 3.05) is 13.1 Å². The van der Waals surface area contributed by atoms with E-state index in [2.05, 4.69) is 10.6 Å². The van der Waals surface area contributed by atoms with Crippen molar-refractivity contribution in [2.45, 2.75) is 33.2 Å². The molecule has 21 heavy (non-hydrogen) atoms. The van der Waals surface area contributed by atoms with Gasteiger partial charge in [0.05, 0.1) is 0 Å². The molecule has 5 heteroatoms. The molecule has 0 radical (unpaired) electrons. The lowest BCUT2D eigenvalue weighted by atomic mass is 9.74. The summed E-state index contributed by atoms with van der Waals surface area (Å²) in [6, 6.07) is 3.67. The summed E-state index contributed by atoms with van der Waals surface area (Å²) in [6.45, 7) is 5.92. The van der Waals surface area contributed by atoms with Gasteiger partial charge in [0.1, 0.15) is 0 Å². The molecule has 1 heterocycles. The number of nitrogens with one attached hydrogen (secondary N) is 2. The Morgan fingerprint density at radius 3 is 2.76 bits per heavy atom. The van der Waals surface area contributed by atoms with Crippen LogP contribution < -0.4 is 10.6 Å². The van der Waals surface area contributed by atoms with Gasteiger partial charge in [-0.25, -0.2) is 8.78 Å². The molecule has 3 nitrogen and oxygen atoms in total. The van der Waals surface area contributed by atoms with Gasteiger partial charge in [0, 0.05) is 12.0 Å². The number of amides is 1. The number of piperidine rings is 1. The lowest BCUT2D eigenvalue weighted by Gasteiger charge is -2.36. The van der Waals surface area contributed by atoms with E-state index < -0.39 is 17.0 Å². The fourth-order valence-corrected chi connectivity index (χ4v) is 2.71. The molecule has 1 aliphatic rings. The number of hydrogen-bond acceptors (Lipinski definition) is 2. The number of benzene rings is 1. The largest absolute Gasteiger partial charge is 0.352 e. The van der Waals surface area contributed by atoms with Gasteiger partial charge in [-0.15, -0.1) is 0 Å². The molecule has 0 aromatic heterocycles. The number of carbonyl (C=O) groups excluding carboxylic acids is 1. The number of halogens is 2. The molecule has 0 aliphatic carbocycles. The van der Waals surface area contributed by atoms with Gasteiger partial charge in [-0.3, -0.25) is 4.79 Å². The fourth-order valence-electron chi connectivity index (χ4n) is 2.71. The first-order valence-electron chi connectivity index (χ1n) is 7.34. The zero-order chi connectivity index (χ0) is 15.5. The molecule has 0 spiro atoms. The van der Waals surface area contributed by atoms with Gasteiger partial charge in [-0.2, -0.15) is 0 Å². The van der Waals surface area contributed by atoms with Crippen molar-refractivity contribution in [3.8, 4) is 0 Å². The summed E-state index contributed by atoms with van der Waals surface area (Å²) >= 11 is 0. The van der Waals surface area contributed by atoms with Gasteiger partial charge >= 0.3 is 0 Å². The highest BCUT2D eigenvalue weighted by atomic mass is 19.2. The molecule has 1 amide bonds. The van der Waals surface area contributed by atoms with Crippen LogP contribution in [-0.4, -0.2) is 19.0 Å². The zero-order valence-electron chi connectivity index (χ0n) is 12.5. The molecule has 1 atom stereocenters. The summed E-state index contributed by atoms with van der Waals surface area (Å²) < 4.78 is 26.0. The predicted octanol–water partition coefficient (Wildman–Crippen LogP) is 2.61. The average molecular weight is 296 g/mol. The molecule has 1 aliphatic heterocycles. The highest BCUT2D eigenvalue weighted by Crippen LogP contribution is 2.32. The molecule has 116 valence electrons. The Balaban J connectivity index is 1.95. The van der Waals surface area contributed by atoms with Crippen LogP contribution in [0.25, 0.3) is 0 Å². The quantitative estimate of drug-likeness (QED) is 0.897. The van der Waals surface area contributed by atoms with Crippen molar-refractivity contribution in [2.24, 2.45) is 11.3 Å². The fraction of sp³-hybridized carbons (Fsp3) is 0.562. The minimum absolute atomic E-state index is 0.0547. The first-order chi connectivity index (χ1) is 9.91. The van der Waals surface area contributed by atoms with Crippen LogP contribution in [0.15, 0.2) is 18.2 Å². The molecule has 0 bridgehead atoms. The second kappa shape index (κ2) is 6.52. The molecule has 1 aromatic carbocycles. The van der Waals surface area contributed by atoms with Crippen molar-refractivity contribution in [1.82, 2.24) is 10.6 Å². The number of hydrogen-bond donors (Lipinski definition) is 2. The molecule has 2 rings (SSSR count). The Labute approximate surface area is 124 Å². The van der Waals surface area contributed by atoms with E-state index in [-0.39, 0.29) is 18.4 Å². The van der Waals surface area contributed by atoms with Crippen LogP contribution in [0, 0.1) is 23.0 Å². The van der Waals surface area contributed by atoms with Crippen LogP contribution in [0.1, 0.15) is 32.3 Å². The van der Waals surface area contributed by atoms with Crippen molar-refractivity contribution in [1.29, 1.82) is 0 Å². The predicted molar refractivity (Wildman–Crippen MR) is 77.6 cm³/mol. The average Bonchev–Trinajstić information content (AvgIpc) is 2.49. The highest BCUT2D eigenvalue weighted by Gasteiger charge is 2.36. The van der Waals surface area contributed by atoms with E-state index in [0.29, 0.717) is 5.56 Å². The van der Waals surface area contributed by atoms with Crippen molar-refractivity contribution in [3.63, 3.8) is 0 Å². The molecule has 1 unspecified atom stereocenters. The SMILES string of the molecule is CC(C)(C(=O)NCc1ccc(F)c(F)c1)C1CCCNC1. The van der Waals surface area contributed by atoms with E-state index in [1.165, 1.54) is 6.07 Å². The van der Waals surface area contributed by atoms with E-state index in [9.17, 15) is 13.6 Å². The van der Waals surface area contributed by atoms with Gasteiger partial charge in [0.15, 0.2) is 11.6 Å². The van der Waals surface area contributed by atoms with E-state index >= 15 is 0 Å².